The van der Waals surface area contributed by atoms with Gasteiger partial charge in [0.25, 0.3) is 0 Å². The van der Waals surface area contributed by atoms with E-state index in [0.717, 1.165) is 11.3 Å². The third-order valence-corrected chi connectivity index (χ3v) is 7.41. The lowest BCUT2D eigenvalue weighted by Gasteiger charge is -2.57. The number of amides is 2. The van der Waals surface area contributed by atoms with Gasteiger partial charge in [0.1, 0.15) is 5.82 Å². The first kappa shape index (κ1) is 19.9. The van der Waals surface area contributed by atoms with Crippen LogP contribution in [-0.2, 0) is 16.0 Å². The van der Waals surface area contributed by atoms with Crippen molar-refractivity contribution in [1.29, 1.82) is 0 Å². The number of rotatable bonds is 1. The number of fused-ring (bicyclic) bond motifs is 4. The second-order valence-electron chi connectivity index (χ2n) is 8.39. The molecule has 5 rings (SSSR count). The van der Waals surface area contributed by atoms with Gasteiger partial charge >= 0.3 is 0 Å². The molecule has 8 heteroatoms. The molecule has 0 bridgehead atoms. The van der Waals surface area contributed by atoms with E-state index in [1.165, 1.54) is 15.9 Å². The van der Waals surface area contributed by atoms with E-state index in [-0.39, 0.29) is 22.7 Å². The van der Waals surface area contributed by atoms with Crippen molar-refractivity contribution >= 4 is 40.5 Å². The van der Waals surface area contributed by atoms with Gasteiger partial charge < -0.3 is 9.80 Å². The molecule has 3 heterocycles. The summed E-state index contributed by atoms with van der Waals surface area (Å²) in [5.41, 5.74) is 1.17. The molecule has 3 aliphatic heterocycles. The maximum Gasteiger partial charge on any atom is 0.246 e. The number of hydrogen-bond acceptors (Lipinski definition) is 5. The Morgan fingerprint density at radius 3 is 2.23 bits per heavy atom. The van der Waals surface area contributed by atoms with E-state index in [4.69, 9.17) is 12.2 Å². The zero-order chi connectivity index (χ0) is 21.9. The quantitative estimate of drug-likeness (QED) is 0.505. The van der Waals surface area contributed by atoms with Crippen LogP contribution in [0.25, 0.3) is 0 Å². The summed E-state index contributed by atoms with van der Waals surface area (Å²) in [5.74, 6) is -0.890. The van der Waals surface area contributed by atoms with E-state index in [9.17, 15) is 14.0 Å². The van der Waals surface area contributed by atoms with Crippen molar-refractivity contribution in [3.63, 3.8) is 0 Å². The van der Waals surface area contributed by atoms with Crippen LogP contribution in [-0.4, -0.2) is 66.5 Å². The minimum absolute atomic E-state index is 0.202. The van der Waals surface area contributed by atoms with Crippen LogP contribution < -0.4 is 9.80 Å². The highest BCUT2D eigenvalue weighted by atomic mass is 32.1. The number of carbonyl (C=O) groups is 2. The van der Waals surface area contributed by atoms with Gasteiger partial charge in [0, 0.05) is 39.4 Å². The first-order chi connectivity index (χ1) is 14.9. The fraction of sp³-hybridized carbons (Fsp3) is 0.348. The monoisotopic (exact) mass is 438 g/mol. The number of halogens is 1. The van der Waals surface area contributed by atoms with Gasteiger partial charge in [-0.2, -0.15) is 0 Å². The smallest absolute Gasteiger partial charge is 0.246 e. The van der Waals surface area contributed by atoms with E-state index >= 15 is 0 Å². The van der Waals surface area contributed by atoms with Crippen molar-refractivity contribution in [3.05, 3.63) is 59.9 Å². The highest BCUT2D eigenvalue weighted by Gasteiger charge is 2.63. The summed E-state index contributed by atoms with van der Waals surface area (Å²) in [7, 11) is 3.25. The lowest BCUT2D eigenvalue weighted by molar-refractivity contribution is -0.157. The third-order valence-electron chi connectivity index (χ3n) is 6.86. The number of anilines is 2. The number of carbonyl (C=O) groups excluding carboxylic acids is 2. The SMILES string of the molecule is CN1C(=O)C2(Cc3ccccc3N3CCN(c4ccccc4F)CC32)C(=O)N(C)C1=S. The van der Waals surface area contributed by atoms with Gasteiger partial charge in [0.05, 0.1) is 11.7 Å². The van der Waals surface area contributed by atoms with Crippen molar-refractivity contribution in [2.24, 2.45) is 5.41 Å². The third kappa shape index (κ3) is 2.70. The minimum atomic E-state index is -1.32. The molecule has 1 atom stereocenters. The number of hydrogen-bond donors (Lipinski definition) is 0. The first-order valence-corrected chi connectivity index (χ1v) is 10.7. The van der Waals surface area contributed by atoms with Gasteiger partial charge in [-0.05, 0) is 42.4 Å². The lowest BCUT2D eigenvalue weighted by Crippen LogP contribution is -2.74. The Balaban J connectivity index is 1.66. The molecule has 2 aromatic carbocycles. The van der Waals surface area contributed by atoms with Crippen LogP contribution in [0.2, 0.25) is 0 Å². The van der Waals surface area contributed by atoms with Crippen LogP contribution in [0.4, 0.5) is 15.8 Å². The number of benzene rings is 2. The minimum Gasteiger partial charge on any atom is -0.365 e. The Labute approximate surface area is 185 Å². The molecular formula is C23H23FN4O2S. The molecule has 0 saturated carbocycles. The molecule has 0 N–H and O–H groups in total. The predicted octanol–water partition coefficient (Wildman–Crippen LogP) is 2.28. The Morgan fingerprint density at radius 2 is 1.55 bits per heavy atom. The Morgan fingerprint density at radius 1 is 0.935 bits per heavy atom. The topological polar surface area (TPSA) is 47.1 Å². The summed E-state index contributed by atoms with van der Waals surface area (Å²) < 4.78 is 14.6. The number of para-hydroxylation sites is 2. The molecule has 2 fully saturated rings. The largest absolute Gasteiger partial charge is 0.365 e. The molecule has 0 aromatic heterocycles. The standard InChI is InChI=1S/C23H23FN4O2S/c1-25-20(29)23(21(30)26(2)22(25)31)13-15-7-3-5-9-17(15)28-12-11-27(14-19(23)28)18-10-6-4-8-16(18)24/h3-10,19H,11-14H2,1-2H3. The molecule has 3 aliphatic rings. The van der Waals surface area contributed by atoms with E-state index in [0.29, 0.717) is 31.7 Å². The summed E-state index contributed by atoms with van der Waals surface area (Å²) in [5, 5.41) is 0.202. The zero-order valence-electron chi connectivity index (χ0n) is 17.4. The summed E-state index contributed by atoms with van der Waals surface area (Å²) >= 11 is 5.34. The average Bonchev–Trinajstić information content (AvgIpc) is 2.80. The average molecular weight is 439 g/mol. The number of thiocarbonyl (C=S) groups is 1. The normalized spacial score (nSPS) is 22.7. The Bertz CT molecular complexity index is 1080. The van der Waals surface area contributed by atoms with Crippen molar-refractivity contribution in [2.75, 3.05) is 43.5 Å². The molecular weight excluding hydrogens is 415 g/mol. The molecule has 0 radical (unpaired) electrons. The fourth-order valence-electron chi connectivity index (χ4n) is 5.30. The molecule has 6 nitrogen and oxygen atoms in total. The molecule has 160 valence electrons. The highest BCUT2D eigenvalue weighted by Crippen LogP contribution is 2.47. The molecule has 31 heavy (non-hydrogen) atoms. The second kappa shape index (κ2) is 7.02. The van der Waals surface area contributed by atoms with Crippen LogP contribution in [0.3, 0.4) is 0 Å². The molecule has 2 aromatic rings. The number of nitrogens with zero attached hydrogens (tertiary/aromatic N) is 4. The second-order valence-corrected chi connectivity index (χ2v) is 8.76. The Kier molecular flexibility index (Phi) is 4.51. The van der Waals surface area contributed by atoms with Gasteiger partial charge in [-0.25, -0.2) is 4.39 Å². The van der Waals surface area contributed by atoms with Crippen LogP contribution in [0.5, 0.6) is 0 Å². The molecule has 2 saturated heterocycles. The first-order valence-electron chi connectivity index (χ1n) is 10.3. The van der Waals surface area contributed by atoms with E-state index in [2.05, 4.69) is 4.90 Å². The van der Waals surface area contributed by atoms with Crippen molar-refractivity contribution in [3.8, 4) is 0 Å². The van der Waals surface area contributed by atoms with Crippen molar-refractivity contribution < 1.29 is 14.0 Å². The van der Waals surface area contributed by atoms with Crippen molar-refractivity contribution in [1.82, 2.24) is 9.80 Å². The summed E-state index contributed by atoms with van der Waals surface area (Å²) in [4.78, 5) is 34.3. The van der Waals surface area contributed by atoms with Crippen LogP contribution in [0.15, 0.2) is 48.5 Å². The van der Waals surface area contributed by atoms with Crippen molar-refractivity contribution in [2.45, 2.75) is 12.5 Å². The number of piperazine rings is 1. The molecule has 0 aliphatic carbocycles. The van der Waals surface area contributed by atoms with Gasteiger partial charge in [0.15, 0.2) is 10.5 Å². The van der Waals surface area contributed by atoms with Crippen LogP contribution >= 0.6 is 12.2 Å². The predicted molar refractivity (Wildman–Crippen MR) is 120 cm³/mol. The van der Waals surface area contributed by atoms with Gasteiger partial charge in [-0.1, -0.05) is 30.3 Å². The molecule has 2 amide bonds. The summed E-state index contributed by atoms with van der Waals surface area (Å²) in [6, 6.07) is 14.1. The van der Waals surface area contributed by atoms with Gasteiger partial charge in [-0.3, -0.25) is 19.4 Å². The summed E-state index contributed by atoms with van der Waals surface area (Å²) in [6.45, 7) is 1.53. The maximum absolute atomic E-state index is 14.6. The maximum atomic E-state index is 14.6. The van der Waals surface area contributed by atoms with E-state index in [1.54, 1.807) is 32.3 Å². The van der Waals surface area contributed by atoms with E-state index < -0.39 is 11.5 Å². The Hall–Kier alpha value is -3.00. The van der Waals surface area contributed by atoms with E-state index in [1.807, 2.05) is 29.2 Å². The highest BCUT2D eigenvalue weighted by molar-refractivity contribution is 7.80. The molecule has 1 unspecified atom stereocenters. The van der Waals surface area contributed by atoms with Gasteiger partial charge in [-0.15, -0.1) is 0 Å². The van der Waals surface area contributed by atoms with Crippen LogP contribution in [0, 0.1) is 11.2 Å². The fourth-order valence-corrected chi connectivity index (χ4v) is 5.47. The molecule has 1 spiro atoms. The zero-order valence-corrected chi connectivity index (χ0v) is 18.2. The van der Waals surface area contributed by atoms with Crippen LogP contribution in [0.1, 0.15) is 5.56 Å². The lowest BCUT2D eigenvalue weighted by atomic mass is 9.67. The summed E-state index contributed by atoms with van der Waals surface area (Å²) in [6.07, 6.45) is 0.296. The van der Waals surface area contributed by atoms with Gasteiger partial charge in [0.2, 0.25) is 11.8 Å².